The van der Waals surface area contributed by atoms with Gasteiger partial charge < -0.3 is 15.4 Å². The molecule has 30 heavy (non-hydrogen) atoms. The lowest BCUT2D eigenvalue weighted by atomic mass is 9.88. The number of aliphatic imine (C=N–C) groups is 1. The minimum Gasteiger partial charge on any atom is -0.462 e. The van der Waals surface area contributed by atoms with Gasteiger partial charge in [-0.05, 0) is 75.9 Å². The van der Waals surface area contributed by atoms with E-state index in [2.05, 4.69) is 45.1 Å². The largest absolute Gasteiger partial charge is 0.462 e. The van der Waals surface area contributed by atoms with E-state index in [1.807, 2.05) is 11.3 Å². The molecule has 8 heteroatoms. The van der Waals surface area contributed by atoms with Crippen LogP contribution in [-0.2, 0) is 9.53 Å². The summed E-state index contributed by atoms with van der Waals surface area (Å²) in [7, 11) is 4.03. The second-order valence-corrected chi connectivity index (χ2v) is 9.20. The minimum atomic E-state index is -0.0642. The van der Waals surface area contributed by atoms with Crippen LogP contribution in [0, 0.1) is 5.92 Å². The van der Waals surface area contributed by atoms with Gasteiger partial charge in [0.15, 0.2) is 5.96 Å². The van der Waals surface area contributed by atoms with E-state index >= 15 is 0 Å². The summed E-state index contributed by atoms with van der Waals surface area (Å²) in [4.78, 5) is 20.2. The van der Waals surface area contributed by atoms with Gasteiger partial charge in [-0.3, -0.25) is 14.7 Å². The Morgan fingerprint density at radius 3 is 2.77 bits per heavy atom. The van der Waals surface area contributed by atoms with Crippen LogP contribution in [-0.4, -0.2) is 56.7 Å². The van der Waals surface area contributed by atoms with Crippen molar-refractivity contribution in [2.45, 2.75) is 63.5 Å². The molecule has 1 saturated carbocycles. The number of hydrogen-bond acceptors (Lipinski definition) is 5. The molecule has 1 aliphatic heterocycles. The Hall–Kier alpha value is -0.870. The van der Waals surface area contributed by atoms with Crippen molar-refractivity contribution in [3.05, 3.63) is 22.4 Å². The number of carbonyl (C=O) groups excluding carboxylic acids is 1. The molecule has 2 unspecified atom stereocenters. The number of thiophene rings is 1. The fraction of sp³-hybridized carbons (Fsp3) is 0.727. The average molecular weight is 549 g/mol. The molecule has 1 saturated heterocycles. The Morgan fingerprint density at radius 1 is 1.27 bits per heavy atom. The molecular weight excluding hydrogens is 511 g/mol. The van der Waals surface area contributed by atoms with E-state index in [4.69, 9.17) is 4.74 Å². The highest BCUT2D eigenvalue weighted by Crippen LogP contribution is 2.36. The number of hydrogen-bond donors (Lipinski definition) is 2. The van der Waals surface area contributed by atoms with E-state index < -0.39 is 0 Å². The summed E-state index contributed by atoms with van der Waals surface area (Å²) in [5.74, 6) is 1.31. The molecule has 2 aliphatic rings. The summed E-state index contributed by atoms with van der Waals surface area (Å²) >= 11 is 1.85. The first-order valence-electron chi connectivity index (χ1n) is 11.0. The first-order chi connectivity index (χ1) is 14.2. The van der Waals surface area contributed by atoms with E-state index in [1.165, 1.54) is 30.6 Å². The number of esters is 1. The molecule has 2 fully saturated rings. The molecule has 0 aromatic carbocycles. The topological polar surface area (TPSA) is 66.0 Å². The molecular formula is C22H37IN4O2S. The van der Waals surface area contributed by atoms with Crippen molar-refractivity contribution in [1.29, 1.82) is 0 Å². The summed E-state index contributed by atoms with van der Waals surface area (Å²) in [6, 6.07) is 4.87. The highest BCUT2D eigenvalue weighted by molar-refractivity contribution is 14.0. The van der Waals surface area contributed by atoms with Gasteiger partial charge >= 0.3 is 5.97 Å². The Kier molecular flexibility index (Phi) is 11.4. The number of halogens is 1. The molecule has 0 radical (unpaired) electrons. The second-order valence-electron chi connectivity index (χ2n) is 8.22. The van der Waals surface area contributed by atoms with E-state index in [9.17, 15) is 4.79 Å². The summed E-state index contributed by atoms with van der Waals surface area (Å²) in [6.45, 7) is 2.78. The number of ether oxygens (including phenoxy) is 1. The first kappa shape index (κ1) is 25.4. The number of piperidine rings is 1. The molecule has 1 aromatic heterocycles. The van der Waals surface area contributed by atoms with Gasteiger partial charge in [0.1, 0.15) is 6.10 Å². The van der Waals surface area contributed by atoms with Crippen LogP contribution in [0.2, 0.25) is 0 Å². The van der Waals surface area contributed by atoms with E-state index in [1.54, 1.807) is 7.05 Å². The lowest BCUT2D eigenvalue weighted by Crippen LogP contribution is -2.45. The zero-order chi connectivity index (χ0) is 20.5. The van der Waals surface area contributed by atoms with Crippen molar-refractivity contribution in [3.8, 4) is 0 Å². The lowest BCUT2D eigenvalue weighted by Gasteiger charge is -2.39. The highest BCUT2D eigenvalue weighted by atomic mass is 127. The summed E-state index contributed by atoms with van der Waals surface area (Å²) in [5.41, 5.74) is 0. The standard InChI is InChI=1S/C22H36N4O2S.HI/c1-23-22(24-13-5-12-20(27)28-18-9-3-4-10-18)25-16-17-8-6-14-26(2)21(17)19-11-7-15-29-19;/h7,11,15,17-18,21H,3-6,8-10,12-14,16H2,1-2H3,(H2,23,24,25);1H. The fourth-order valence-corrected chi connectivity index (χ4v) is 5.50. The van der Waals surface area contributed by atoms with Crippen molar-refractivity contribution in [3.63, 3.8) is 0 Å². The third-order valence-corrected chi connectivity index (χ3v) is 6.99. The maximum atomic E-state index is 11.9. The van der Waals surface area contributed by atoms with Crippen molar-refractivity contribution in [2.24, 2.45) is 10.9 Å². The maximum absolute atomic E-state index is 11.9. The van der Waals surface area contributed by atoms with Crippen molar-refractivity contribution in [2.75, 3.05) is 33.7 Å². The van der Waals surface area contributed by atoms with Crippen LogP contribution in [0.4, 0.5) is 0 Å². The normalized spacial score (nSPS) is 23.1. The van der Waals surface area contributed by atoms with Crippen LogP contribution >= 0.6 is 35.3 Å². The Balaban J connectivity index is 0.00000320. The Morgan fingerprint density at radius 2 is 2.07 bits per heavy atom. The monoisotopic (exact) mass is 548 g/mol. The molecule has 170 valence electrons. The van der Waals surface area contributed by atoms with Gasteiger partial charge in [0.2, 0.25) is 0 Å². The maximum Gasteiger partial charge on any atom is 0.306 e. The smallest absolute Gasteiger partial charge is 0.306 e. The number of guanidine groups is 1. The minimum absolute atomic E-state index is 0. The van der Waals surface area contributed by atoms with E-state index in [0.29, 0.717) is 18.4 Å². The average Bonchev–Trinajstić information content (AvgIpc) is 3.41. The summed E-state index contributed by atoms with van der Waals surface area (Å²) in [5, 5.41) is 9.01. The van der Waals surface area contributed by atoms with Crippen LogP contribution in [0.3, 0.4) is 0 Å². The molecule has 6 nitrogen and oxygen atoms in total. The van der Waals surface area contributed by atoms with Gasteiger partial charge in [0.25, 0.3) is 0 Å². The second kappa shape index (κ2) is 13.5. The van der Waals surface area contributed by atoms with Crippen LogP contribution in [0.1, 0.15) is 62.3 Å². The molecule has 0 amide bonds. The number of nitrogens with zero attached hydrogens (tertiary/aromatic N) is 2. The van der Waals surface area contributed by atoms with Crippen molar-refractivity contribution in [1.82, 2.24) is 15.5 Å². The van der Waals surface area contributed by atoms with Crippen LogP contribution in [0.25, 0.3) is 0 Å². The molecule has 3 rings (SSSR count). The molecule has 1 aliphatic carbocycles. The summed E-state index contributed by atoms with van der Waals surface area (Å²) in [6.07, 6.45) is 8.29. The number of likely N-dealkylation sites (tertiary alicyclic amines) is 1. The Labute approximate surface area is 202 Å². The third-order valence-electron chi connectivity index (χ3n) is 6.05. The number of carbonyl (C=O) groups is 1. The number of nitrogens with one attached hydrogen (secondary N) is 2. The van der Waals surface area contributed by atoms with Crippen LogP contribution < -0.4 is 10.6 Å². The summed E-state index contributed by atoms with van der Waals surface area (Å²) < 4.78 is 5.51. The molecule has 1 aromatic rings. The van der Waals surface area contributed by atoms with E-state index in [0.717, 1.165) is 44.9 Å². The predicted octanol–water partition coefficient (Wildman–Crippen LogP) is 4.18. The van der Waals surface area contributed by atoms with Crippen molar-refractivity contribution < 1.29 is 9.53 Å². The van der Waals surface area contributed by atoms with Gasteiger partial charge in [-0.1, -0.05) is 6.07 Å². The van der Waals surface area contributed by atoms with Crippen molar-refractivity contribution >= 4 is 47.2 Å². The van der Waals surface area contributed by atoms with Gasteiger partial charge in [-0.2, -0.15) is 0 Å². The number of rotatable bonds is 8. The van der Waals surface area contributed by atoms with Crippen LogP contribution in [0.15, 0.2) is 22.5 Å². The van der Waals surface area contributed by atoms with Gasteiger partial charge in [-0.25, -0.2) is 0 Å². The molecule has 0 bridgehead atoms. The predicted molar refractivity (Wildman–Crippen MR) is 135 cm³/mol. The van der Waals surface area contributed by atoms with Crippen LogP contribution in [0.5, 0.6) is 0 Å². The molecule has 2 heterocycles. The van der Waals surface area contributed by atoms with Gasteiger partial charge in [-0.15, -0.1) is 35.3 Å². The lowest BCUT2D eigenvalue weighted by molar-refractivity contribution is -0.148. The Bertz CT molecular complexity index is 650. The molecule has 2 atom stereocenters. The zero-order valence-corrected chi connectivity index (χ0v) is 21.4. The van der Waals surface area contributed by atoms with E-state index in [-0.39, 0.29) is 36.0 Å². The van der Waals surface area contributed by atoms with Gasteiger partial charge in [0.05, 0.1) is 0 Å². The molecule has 2 N–H and O–H groups in total. The van der Waals surface area contributed by atoms with Gasteiger partial charge in [0, 0.05) is 37.5 Å². The zero-order valence-electron chi connectivity index (χ0n) is 18.3. The highest BCUT2D eigenvalue weighted by Gasteiger charge is 2.31. The SMILES string of the molecule is CN=C(NCCCC(=O)OC1CCCC1)NCC1CCCN(C)C1c1cccs1.I. The molecule has 0 spiro atoms. The quantitative estimate of drug-likeness (QED) is 0.168. The first-order valence-corrected chi connectivity index (χ1v) is 11.9. The fourth-order valence-electron chi connectivity index (χ4n) is 4.52. The third kappa shape index (κ3) is 7.67.